The summed E-state index contributed by atoms with van der Waals surface area (Å²) in [4.78, 5) is 15.9. The zero-order chi connectivity index (χ0) is 22.7. The third-order valence-corrected chi connectivity index (χ3v) is 4.67. The lowest BCUT2D eigenvalue weighted by Gasteiger charge is -2.19. The third-order valence-electron chi connectivity index (χ3n) is 4.67. The maximum absolute atomic E-state index is 13.8. The molecule has 1 atom stereocenters. The van der Waals surface area contributed by atoms with Crippen LogP contribution in [0.3, 0.4) is 0 Å². The monoisotopic (exact) mass is 424 g/mol. The van der Waals surface area contributed by atoms with E-state index in [0.29, 0.717) is 29.2 Å². The summed E-state index contributed by atoms with van der Waals surface area (Å²) in [5, 5.41) is 26.5. The van der Waals surface area contributed by atoms with Crippen LogP contribution in [0.2, 0.25) is 0 Å². The molecule has 0 saturated carbocycles. The van der Waals surface area contributed by atoms with E-state index in [-0.39, 0.29) is 22.6 Å². The zero-order valence-electron chi connectivity index (χ0n) is 17.2. The fraction of sp³-hybridized carbons (Fsp3) is 0.238. The minimum absolute atomic E-state index is 0.0812. The van der Waals surface area contributed by atoms with Crippen molar-refractivity contribution in [1.29, 1.82) is 5.26 Å². The molecule has 10 heteroatoms. The van der Waals surface area contributed by atoms with Gasteiger partial charge < -0.3 is 20.9 Å². The first-order valence-electron chi connectivity index (χ1n) is 9.32. The lowest BCUT2D eigenvalue weighted by atomic mass is 10.0. The highest BCUT2D eigenvalue weighted by atomic mass is 19.1. The highest BCUT2D eigenvalue weighted by molar-refractivity contribution is 5.89. The molecule has 0 spiro atoms. The van der Waals surface area contributed by atoms with Crippen LogP contribution >= 0.6 is 0 Å². The number of carboxylic acids is 1. The summed E-state index contributed by atoms with van der Waals surface area (Å²) in [6.07, 6.45) is 0.578. The average Bonchev–Trinajstić information content (AvgIpc) is 3.02. The van der Waals surface area contributed by atoms with E-state index in [2.05, 4.69) is 21.5 Å². The van der Waals surface area contributed by atoms with Gasteiger partial charge >= 0.3 is 5.97 Å². The fourth-order valence-corrected chi connectivity index (χ4v) is 3.30. The van der Waals surface area contributed by atoms with E-state index in [4.69, 9.17) is 10.5 Å². The van der Waals surface area contributed by atoms with Crippen LogP contribution < -0.4 is 15.8 Å². The summed E-state index contributed by atoms with van der Waals surface area (Å²) in [6, 6.07) is 7.02. The molecule has 3 aromatic rings. The molecule has 1 unspecified atom stereocenters. The first-order chi connectivity index (χ1) is 14.8. The minimum Gasteiger partial charge on any atom is -0.484 e. The van der Waals surface area contributed by atoms with Crippen LogP contribution in [0.1, 0.15) is 40.3 Å². The summed E-state index contributed by atoms with van der Waals surface area (Å²) in [5.41, 5.74) is 7.93. The predicted octanol–water partition coefficient (Wildman–Crippen LogP) is 2.63. The Kier molecular flexibility index (Phi) is 6.17. The second kappa shape index (κ2) is 8.81. The number of nitrogen functional groups attached to an aromatic ring is 1. The molecule has 3 rings (SSSR count). The van der Waals surface area contributed by atoms with Crippen molar-refractivity contribution in [2.45, 2.75) is 19.6 Å². The second-order valence-electron chi connectivity index (χ2n) is 6.85. The van der Waals surface area contributed by atoms with Crippen molar-refractivity contribution in [2.75, 3.05) is 12.8 Å². The van der Waals surface area contributed by atoms with Gasteiger partial charge in [0.15, 0.2) is 0 Å². The number of aromatic nitrogens is 3. The number of nitrogens with one attached hydrogen (secondary N) is 1. The highest BCUT2D eigenvalue weighted by Gasteiger charge is 2.25. The molecule has 160 valence electrons. The fourth-order valence-electron chi connectivity index (χ4n) is 3.30. The lowest BCUT2D eigenvalue weighted by Crippen LogP contribution is -2.12. The van der Waals surface area contributed by atoms with Gasteiger partial charge in [-0.05, 0) is 32.2 Å². The second-order valence-corrected chi connectivity index (χ2v) is 6.85. The number of hydrogen-bond donors (Lipinski definition) is 3. The average molecular weight is 424 g/mol. The number of rotatable bonds is 7. The molecular weight excluding hydrogens is 403 g/mol. The number of hydrogen-bond acceptors (Lipinski definition) is 7. The van der Waals surface area contributed by atoms with Crippen LogP contribution in [0.15, 0.2) is 30.5 Å². The molecule has 0 bridgehead atoms. The van der Waals surface area contributed by atoms with E-state index in [1.165, 1.54) is 23.0 Å². The Balaban J connectivity index is 2.13. The lowest BCUT2D eigenvalue weighted by molar-refractivity contribution is 0.0691. The first-order valence-corrected chi connectivity index (χ1v) is 9.32. The van der Waals surface area contributed by atoms with Crippen molar-refractivity contribution in [2.24, 2.45) is 7.05 Å². The van der Waals surface area contributed by atoms with Gasteiger partial charge in [-0.1, -0.05) is 0 Å². The van der Waals surface area contributed by atoms with Gasteiger partial charge in [0.25, 0.3) is 0 Å². The van der Waals surface area contributed by atoms with Crippen molar-refractivity contribution in [3.05, 3.63) is 58.8 Å². The normalized spacial score (nSPS) is 11.7. The number of anilines is 1. The molecule has 0 fully saturated rings. The molecule has 0 aliphatic carbocycles. The maximum atomic E-state index is 13.8. The number of halogens is 1. The number of aromatic carboxylic acids is 1. The van der Waals surface area contributed by atoms with Crippen molar-refractivity contribution in [3.63, 3.8) is 0 Å². The number of nitrogens with two attached hydrogens (primary N) is 1. The summed E-state index contributed by atoms with van der Waals surface area (Å²) in [5.74, 6) is -1.57. The van der Waals surface area contributed by atoms with Gasteiger partial charge in [0.1, 0.15) is 35.1 Å². The smallest absolute Gasteiger partial charge is 0.336 e. The third kappa shape index (κ3) is 4.31. The number of nitrogens with zero attached hydrogens (tertiary/aromatic N) is 4. The number of aryl methyl sites for hydroxylation is 1. The number of carbonyl (C=O) groups is 1. The maximum Gasteiger partial charge on any atom is 0.336 e. The van der Waals surface area contributed by atoms with Crippen molar-refractivity contribution in [1.82, 2.24) is 20.1 Å². The predicted molar refractivity (Wildman–Crippen MR) is 111 cm³/mol. The summed E-state index contributed by atoms with van der Waals surface area (Å²) < 4.78 is 21.3. The van der Waals surface area contributed by atoms with Gasteiger partial charge in [-0.15, -0.1) is 0 Å². The number of benzene rings is 1. The van der Waals surface area contributed by atoms with Gasteiger partial charge in [-0.25, -0.2) is 9.18 Å². The van der Waals surface area contributed by atoms with E-state index in [1.54, 1.807) is 21.0 Å². The number of nitriles is 1. The molecule has 2 heterocycles. The molecule has 0 aliphatic rings. The van der Waals surface area contributed by atoms with Crippen molar-refractivity contribution < 1.29 is 19.0 Å². The Morgan fingerprint density at radius 1 is 1.45 bits per heavy atom. The minimum atomic E-state index is -1.20. The van der Waals surface area contributed by atoms with E-state index < -0.39 is 17.9 Å². The van der Waals surface area contributed by atoms with E-state index in [9.17, 15) is 19.6 Å². The Morgan fingerprint density at radius 2 is 2.19 bits per heavy atom. The van der Waals surface area contributed by atoms with Crippen LogP contribution in [0.25, 0.3) is 11.3 Å². The summed E-state index contributed by atoms with van der Waals surface area (Å²) >= 11 is 0. The molecule has 0 amide bonds. The van der Waals surface area contributed by atoms with Gasteiger partial charge in [-0.2, -0.15) is 10.4 Å². The van der Waals surface area contributed by atoms with Crippen LogP contribution in [0.5, 0.6) is 5.75 Å². The molecule has 0 aliphatic heterocycles. The molecule has 1 aromatic carbocycles. The Morgan fingerprint density at radius 3 is 2.84 bits per heavy atom. The van der Waals surface area contributed by atoms with E-state index in [1.807, 2.05) is 0 Å². The summed E-state index contributed by atoms with van der Waals surface area (Å²) in [6.45, 7) is 1.97. The van der Waals surface area contributed by atoms with Crippen LogP contribution in [0.4, 0.5) is 10.1 Å². The van der Waals surface area contributed by atoms with Crippen molar-refractivity contribution >= 4 is 11.7 Å². The summed E-state index contributed by atoms with van der Waals surface area (Å²) in [7, 11) is 3.39. The topological polar surface area (TPSA) is 139 Å². The van der Waals surface area contributed by atoms with Crippen molar-refractivity contribution in [3.8, 4) is 23.1 Å². The highest BCUT2D eigenvalue weighted by Crippen LogP contribution is 2.37. The molecule has 4 N–H and O–H groups in total. The molecular formula is C21H21FN6O3. The molecule has 2 aromatic heterocycles. The Labute approximate surface area is 177 Å². The van der Waals surface area contributed by atoms with Gasteiger partial charge in [0, 0.05) is 25.2 Å². The van der Waals surface area contributed by atoms with Gasteiger partial charge in [0.2, 0.25) is 0 Å². The molecule has 9 nitrogen and oxygen atoms in total. The SMILES string of the molecule is CNCc1nn(C)c(C#N)c1-c1ncc(N)cc1OC(C)c1cc(F)ccc1C(=O)O. The van der Waals surface area contributed by atoms with Gasteiger partial charge in [-0.3, -0.25) is 9.67 Å². The molecule has 31 heavy (non-hydrogen) atoms. The Bertz CT molecular complexity index is 1180. The standard InChI is InChI=1S/C21H21FN6O3/c1-11(15-6-12(22)4-5-14(15)21(29)30)31-18-7-13(24)9-26-20(18)19-16(10-25-2)27-28(3)17(19)8-23/h4-7,9,11,25H,10,24H2,1-3H3,(H,29,30). The first kappa shape index (κ1) is 21.7. The number of ether oxygens (including phenoxy) is 1. The van der Waals surface area contributed by atoms with Crippen LogP contribution in [0, 0.1) is 17.1 Å². The number of pyridine rings is 1. The quantitative estimate of drug-likeness (QED) is 0.526. The van der Waals surface area contributed by atoms with Crippen LogP contribution in [-0.2, 0) is 13.6 Å². The van der Waals surface area contributed by atoms with E-state index in [0.717, 1.165) is 12.1 Å². The van der Waals surface area contributed by atoms with Gasteiger partial charge in [0.05, 0.1) is 28.7 Å². The van der Waals surface area contributed by atoms with Crippen LogP contribution in [-0.4, -0.2) is 32.9 Å². The largest absolute Gasteiger partial charge is 0.484 e. The Hall–Kier alpha value is -3.97. The zero-order valence-corrected chi connectivity index (χ0v) is 17.2. The van der Waals surface area contributed by atoms with E-state index >= 15 is 0 Å². The number of carboxylic acid groups (broad SMARTS) is 1. The molecule has 0 saturated heterocycles. The molecule has 0 radical (unpaired) electrons.